The summed E-state index contributed by atoms with van der Waals surface area (Å²) in [7, 11) is 0. The maximum atomic E-state index is 12.7. The lowest BCUT2D eigenvalue weighted by atomic mass is 10.1. The van der Waals surface area contributed by atoms with Gasteiger partial charge in [-0.2, -0.15) is 0 Å². The zero-order valence-corrected chi connectivity index (χ0v) is 13.6. The van der Waals surface area contributed by atoms with Crippen molar-refractivity contribution in [3.05, 3.63) is 68.5 Å². The van der Waals surface area contributed by atoms with Gasteiger partial charge in [0.15, 0.2) is 6.23 Å². The number of benzene rings is 1. The highest BCUT2D eigenvalue weighted by Gasteiger charge is 2.43. The van der Waals surface area contributed by atoms with Crippen LogP contribution in [0.5, 0.6) is 0 Å². The van der Waals surface area contributed by atoms with E-state index in [9.17, 15) is 24.9 Å². The van der Waals surface area contributed by atoms with Gasteiger partial charge in [-0.1, -0.05) is 24.3 Å². The molecule has 0 unspecified atom stereocenters. The average molecular weight is 348 g/mol. The van der Waals surface area contributed by atoms with Gasteiger partial charge in [0.1, 0.15) is 18.3 Å². The number of aliphatic hydroxyl groups excluding tert-OH is 3. The van der Waals surface area contributed by atoms with Gasteiger partial charge in [-0.25, -0.2) is 4.79 Å². The summed E-state index contributed by atoms with van der Waals surface area (Å²) in [5.74, 6) is 0. The first kappa shape index (κ1) is 17.6. The van der Waals surface area contributed by atoms with Gasteiger partial charge in [0, 0.05) is 12.3 Å². The summed E-state index contributed by atoms with van der Waals surface area (Å²) in [6, 6.07) is 8.60. The van der Waals surface area contributed by atoms with E-state index >= 15 is 0 Å². The Bertz CT molecular complexity index is 874. The number of ether oxygens (including phenoxy) is 1. The quantitative estimate of drug-likeness (QED) is 0.652. The van der Waals surface area contributed by atoms with Crippen LogP contribution in [0, 0.1) is 6.92 Å². The van der Waals surface area contributed by atoms with Crippen LogP contribution in [0.25, 0.3) is 0 Å². The third kappa shape index (κ3) is 3.16. The molecule has 0 bridgehead atoms. The van der Waals surface area contributed by atoms with Crippen molar-refractivity contribution >= 4 is 0 Å². The van der Waals surface area contributed by atoms with E-state index in [-0.39, 0.29) is 6.54 Å². The molecular formula is C17H20N2O6. The first-order chi connectivity index (χ1) is 11.9. The molecule has 2 aromatic rings. The number of hydrogen-bond acceptors (Lipinski definition) is 6. The van der Waals surface area contributed by atoms with Gasteiger partial charge in [-0.3, -0.25) is 13.9 Å². The molecule has 0 amide bonds. The van der Waals surface area contributed by atoms with Crippen LogP contribution >= 0.6 is 0 Å². The fourth-order valence-corrected chi connectivity index (χ4v) is 2.94. The molecule has 0 radical (unpaired) electrons. The van der Waals surface area contributed by atoms with Crippen molar-refractivity contribution in [2.75, 3.05) is 6.61 Å². The SMILES string of the molecule is Cc1ccccc1Cn1c(=O)ccn([C@@H]2O[C@H](CO)[C@@H](O)[C@@H]2O)c1=O. The van der Waals surface area contributed by atoms with E-state index in [4.69, 9.17) is 4.74 Å². The topological polar surface area (TPSA) is 114 Å². The third-order valence-electron chi connectivity index (χ3n) is 4.48. The van der Waals surface area contributed by atoms with Crippen LogP contribution in [0.1, 0.15) is 17.4 Å². The number of aliphatic hydroxyl groups is 3. The van der Waals surface area contributed by atoms with E-state index in [1.165, 1.54) is 12.3 Å². The summed E-state index contributed by atoms with van der Waals surface area (Å²) >= 11 is 0. The van der Waals surface area contributed by atoms with Gasteiger partial charge < -0.3 is 20.1 Å². The van der Waals surface area contributed by atoms with Crippen molar-refractivity contribution in [3.8, 4) is 0 Å². The Morgan fingerprint density at radius 1 is 1.12 bits per heavy atom. The Kier molecular flexibility index (Phi) is 4.87. The van der Waals surface area contributed by atoms with Gasteiger partial charge in [-0.15, -0.1) is 0 Å². The first-order valence-electron chi connectivity index (χ1n) is 7.93. The molecule has 0 saturated carbocycles. The zero-order chi connectivity index (χ0) is 18.1. The third-order valence-corrected chi connectivity index (χ3v) is 4.48. The van der Waals surface area contributed by atoms with Crippen molar-refractivity contribution in [1.29, 1.82) is 0 Å². The van der Waals surface area contributed by atoms with Crippen LogP contribution < -0.4 is 11.2 Å². The van der Waals surface area contributed by atoms with Gasteiger partial charge in [0.05, 0.1) is 13.2 Å². The molecule has 1 aliphatic heterocycles. The van der Waals surface area contributed by atoms with E-state index in [2.05, 4.69) is 0 Å². The Labute approximate surface area is 143 Å². The normalized spacial score (nSPS) is 26.1. The second kappa shape index (κ2) is 6.93. The lowest BCUT2D eigenvalue weighted by Gasteiger charge is -2.19. The van der Waals surface area contributed by atoms with Crippen LogP contribution in [0.4, 0.5) is 0 Å². The molecule has 0 spiro atoms. The van der Waals surface area contributed by atoms with Crippen molar-refractivity contribution in [2.45, 2.75) is 38.0 Å². The van der Waals surface area contributed by atoms with Crippen LogP contribution in [0.3, 0.4) is 0 Å². The molecule has 3 N–H and O–H groups in total. The minimum Gasteiger partial charge on any atom is -0.394 e. The van der Waals surface area contributed by atoms with Gasteiger partial charge in [0.2, 0.25) is 0 Å². The average Bonchev–Trinajstić information content (AvgIpc) is 2.88. The van der Waals surface area contributed by atoms with E-state index in [0.29, 0.717) is 0 Å². The van der Waals surface area contributed by atoms with Gasteiger partial charge in [0.25, 0.3) is 5.56 Å². The lowest BCUT2D eigenvalue weighted by molar-refractivity contribution is -0.0555. The van der Waals surface area contributed by atoms with E-state index in [1.807, 2.05) is 31.2 Å². The molecule has 1 aromatic heterocycles. The number of rotatable bonds is 4. The summed E-state index contributed by atoms with van der Waals surface area (Å²) in [5, 5.41) is 29.1. The Morgan fingerprint density at radius 2 is 1.84 bits per heavy atom. The molecule has 1 fully saturated rings. The van der Waals surface area contributed by atoms with E-state index in [1.54, 1.807) is 0 Å². The number of hydrogen-bond donors (Lipinski definition) is 3. The van der Waals surface area contributed by atoms with Crippen LogP contribution in [-0.4, -0.2) is 49.4 Å². The maximum absolute atomic E-state index is 12.7. The standard InChI is InChI=1S/C17H20N2O6/c1-10-4-2-3-5-11(10)8-19-13(21)6-7-18(17(19)24)16-15(23)14(22)12(9-20)25-16/h2-7,12,14-16,20,22-23H,8-9H2,1H3/t12-,14-,15+,16-/m1/s1. The number of aromatic nitrogens is 2. The molecule has 134 valence electrons. The molecule has 8 nitrogen and oxygen atoms in total. The highest BCUT2D eigenvalue weighted by molar-refractivity contribution is 5.25. The van der Waals surface area contributed by atoms with Crippen molar-refractivity contribution in [3.63, 3.8) is 0 Å². The summed E-state index contributed by atoms with van der Waals surface area (Å²) in [6.07, 6.45) is -3.66. The molecule has 1 aromatic carbocycles. The minimum atomic E-state index is -1.39. The smallest absolute Gasteiger partial charge is 0.333 e. The summed E-state index contributed by atoms with van der Waals surface area (Å²) in [5.41, 5.74) is 0.625. The highest BCUT2D eigenvalue weighted by Crippen LogP contribution is 2.27. The van der Waals surface area contributed by atoms with Crippen molar-refractivity contribution < 1.29 is 20.1 Å². The summed E-state index contributed by atoms with van der Waals surface area (Å²) in [4.78, 5) is 24.9. The van der Waals surface area contributed by atoms with Gasteiger partial charge in [-0.05, 0) is 18.1 Å². The van der Waals surface area contributed by atoms with Crippen LogP contribution in [-0.2, 0) is 11.3 Å². The second-order valence-corrected chi connectivity index (χ2v) is 6.09. The molecule has 25 heavy (non-hydrogen) atoms. The molecule has 0 aliphatic carbocycles. The molecule has 1 aliphatic rings. The second-order valence-electron chi connectivity index (χ2n) is 6.09. The predicted octanol–water partition coefficient (Wildman–Crippen LogP) is -1.02. The largest absolute Gasteiger partial charge is 0.394 e. The van der Waals surface area contributed by atoms with Crippen LogP contribution in [0.2, 0.25) is 0 Å². The van der Waals surface area contributed by atoms with Gasteiger partial charge >= 0.3 is 5.69 Å². The molecule has 4 atom stereocenters. The minimum absolute atomic E-state index is 0.0833. The lowest BCUT2D eigenvalue weighted by Crippen LogP contribution is -2.43. The zero-order valence-electron chi connectivity index (χ0n) is 13.6. The molecule has 2 heterocycles. The molecule has 3 rings (SSSR count). The number of nitrogens with zero attached hydrogens (tertiary/aromatic N) is 2. The summed E-state index contributed by atoms with van der Waals surface area (Å²) < 4.78 is 7.47. The molecule has 8 heteroatoms. The van der Waals surface area contributed by atoms with E-state index < -0.39 is 42.4 Å². The van der Waals surface area contributed by atoms with Crippen molar-refractivity contribution in [1.82, 2.24) is 9.13 Å². The predicted molar refractivity (Wildman–Crippen MR) is 88.3 cm³/mol. The highest BCUT2D eigenvalue weighted by atomic mass is 16.6. The fourth-order valence-electron chi connectivity index (χ4n) is 2.94. The molecular weight excluding hydrogens is 328 g/mol. The summed E-state index contributed by atoms with van der Waals surface area (Å²) in [6.45, 7) is 1.47. The van der Waals surface area contributed by atoms with E-state index in [0.717, 1.165) is 20.3 Å². The fraction of sp³-hybridized carbons (Fsp3) is 0.412. The monoisotopic (exact) mass is 348 g/mol. The first-order valence-corrected chi connectivity index (χ1v) is 7.93. The van der Waals surface area contributed by atoms with Crippen LogP contribution in [0.15, 0.2) is 46.1 Å². The number of aryl methyl sites for hydroxylation is 1. The maximum Gasteiger partial charge on any atom is 0.333 e. The molecule has 1 saturated heterocycles. The Balaban J connectivity index is 2.00. The Morgan fingerprint density at radius 3 is 2.48 bits per heavy atom. The van der Waals surface area contributed by atoms with Crippen molar-refractivity contribution in [2.24, 2.45) is 0 Å². The Hall–Kier alpha value is -2.26.